The molecule has 1 N–H and O–H groups in total. The molecule has 1 heterocycles. The second-order valence-electron chi connectivity index (χ2n) is 4.72. The van der Waals surface area contributed by atoms with Gasteiger partial charge in [-0.25, -0.2) is 0 Å². The van der Waals surface area contributed by atoms with Crippen LogP contribution in [0.5, 0.6) is 5.75 Å². The van der Waals surface area contributed by atoms with Crippen LogP contribution in [0, 0.1) is 0 Å². The monoisotopic (exact) mass is 219 g/mol. The van der Waals surface area contributed by atoms with Crippen LogP contribution in [0.15, 0.2) is 24.3 Å². The van der Waals surface area contributed by atoms with E-state index >= 15 is 0 Å². The van der Waals surface area contributed by atoms with Gasteiger partial charge in [-0.1, -0.05) is 25.0 Å². The highest BCUT2D eigenvalue weighted by atomic mass is 16.3. The zero-order valence-electron chi connectivity index (χ0n) is 10.0. The SMILES string of the molecule is CC(c1ccc(O)cc1)N1CCCCCC1. The Labute approximate surface area is 97.9 Å². The predicted molar refractivity (Wildman–Crippen MR) is 66.6 cm³/mol. The van der Waals surface area contributed by atoms with Gasteiger partial charge in [-0.3, -0.25) is 4.90 Å². The third kappa shape index (κ3) is 2.76. The molecular formula is C14H21NO. The van der Waals surface area contributed by atoms with Crippen molar-refractivity contribution in [2.75, 3.05) is 13.1 Å². The number of hydrogen-bond donors (Lipinski definition) is 1. The molecule has 2 nitrogen and oxygen atoms in total. The molecule has 1 saturated heterocycles. The Kier molecular flexibility index (Phi) is 3.83. The van der Waals surface area contributed by atoms with Crippen molar-refractivity contribution in [2.45, 2.75) is 38.6 Å². The van der Waals surface area contributed by atoms with Gasteiger partial charge in [-0.15, -0.1) is 0 Å². The number of aromatic hydroxyl groups is 1. The van der Waals surface area contributed by atoms with Crippen molar-refractivity contribution in [1.82, 2.24) is 4.90 Å². The summed E-state index contributed by atoms with van der Waals surface area (Å²) >= 11 is 0. The highest BCUT2D eigenvalue weighted by Gasteiger charge is 2.16. The highest BCUT2D eigenvalue weighted by molar-refractivity contribution is 5.27. The first-order chi connectivity index (χ1) is 7.77. The van der Waals surface area contributed by atoms with Crippen LogP contribution in [-0.2, 0) is 0 Å². The average molecular weight is 219 g/mol. The Hall–Kier alpha value is -1.02. The van der Waals surface area contributed by atoms with Crippen LogP contribution in [0.25, 0.3) is 0 Å². The topological polar surface area (TPSA) is 23.5 Å². The van der Waals surface area contributed by atoms with Crippen molar-refractivity contribution in [3.8, 4) is 5.75 Å². The lowest BCUT2D eigenvalue weighted by Crippen LogP contribution is -2.27. The molecule has 1 fully saturated rings. The fraction of sp³-hybridized carbons (Fsp3) is 0.571. The number of hydrogen-bond acceptors (Lipinski definition) is 2. The second kappa shape index (κ2) is 5.35. The zero-order chi connectivity index (χ0) is 11.4. The minimum absolute atomic E-state index is 0.354. The molecule has 1 aromatic carbocycles. The molecule has 1 unspecified atom stereocenters. The van der Waals surface area contributed by atoms with Gasteiger partial charge in [0.25, 0.3) is 0 Å². The Morgan fingerprint density at radius 3 is 2.12 bits per heavy atom. The lowest BCUT2D eigenvalue weighted by atomic mass is 10.1. The minimum Gasteiger partial charge on any atom is -0.508 e. The molecule has 0 aliphatic carbocycles. The molecule has 0 spiro atoms. The summed E-state index contributed by atoms with van der Waals surface area (Å²) in [6, 6.07) is 8.10. The molecule has 2 rings (SSSR count). The Balaban J connectivity index is 2.04. The first-order valence-corrected chi connectivity index (χ1v) is 6.30. The van der Waals surface area contributed by atoms with Gasteiger partial charge in [0.2, 0.25) is 0 Å². The maximum Gasteiger partial charge on any atom is 0.115 e. The van der Waals surface area contributed by atoms with Crippen molar-refractivity contribution in [1.29, 1.82) is 0 Å². The standard InChI is InChI=1S/C14H21NO/c1-12(13-6-8-14(16)9-7-13)15-10-4-2-3-5-11-15/h6-9,12,16H,2-5,10-11H2,1H3. The van der Waals surface area contributed by atoms with Crippen LogP contribution in [-0.4, -0.2) is 23.1 Å². The Bertz CT molecular complexity index is 312. The van der Waals surface area contributed by atoms with Gasteiger partial charge in [0.1, 0.15) is 5.75 Å². The van der Waals surface area contributed by atoms with Crippen LogP contribution >= 0.6 is 0 Å². The number of rotatable bonds is 2. The van der Waals surface area contributed by atoms with Crippen LogP contribution in [0.3, 0.4) is 0 Å². The summed E-state index contributed by atoms with van der Waals surface area (Å²) in [6.07, 6.45) is 5.39. The fourth-order valence-corrected chi connectivity index (χ4v) is 2.45. The molecule has 0 aromatic heterocycles. The zero-order valence-corrected chi connectivity index (χ0v) is 10.0. The van der Waals surface area contributed by atoms with E-state index in [9.17, 15) is 5.11 Å². The van der Waals surface area contributed by atoms with E-state index in [4.69, 9.17) is 0 Å². The van der Waals surface area contributed by atoms with Gasteiger partial charge in [0.05, 0.1) is 0 Å². The number of phenols is 1. The summed E-state index contributed by atoms with van der Waals surface area (Å²) in [5.74, 6) is 0.354. The Morgan fingerprint density at radius 2 is 1.56 bits per heavy atom. The summed E-state index contributed by atoms with van der Waals surface area (Å²) in [5.41, 5.74) is 1.31. The lowest BCUT2D eigenvalue weighted by Gasteiger charge is -2.27. The maximum atomic E-state index is 9.28. The van der Waals surface area contributed by atoms with Gasteiger partial charge >= 0.3 is 0 Å². The van der Waals surface area contributed by atoms with E-state index in [0.717, 1.165) is 0 Å². The van der Waals surface area contributed by atoms with Gasteiger partial charge in [-0.2, -0.15) is 0 Å². The normalized spacial score (nSPS) is 20.3. The molecule has 1 aromatic rings. The van der Waals surface area contributed by atoms with Gasteiger partial charge < -0.3 is 5.11 Å². The number of benzene rings is 1. The second-order valence-corrected chi connectivity index (χ2v) is 4.72. The van der Waals surface area contributed by atoms with E-state index in [1.807, 2.05) is 12.1 Å². The third-order valence-corrected chi connectivity index (χ3v) is 3.56. The summed E-state index contributed by atoms with van der Waals surface area (Å²) < 4.78 is 0. The first-order valence-electron chi connectivity index (χ1n) is 6.30. The van der Waals surface area contributed by atoms with E-state index in [1.54, 1.807) is 12.1 Å². The molecule has 1 aliphatic heterocycles. The molecule has 0 amide bonds. The minimum atomic E-state index is 0.354. The fourth-order valence-electron chi connectivity index (χ4n) is 2.45. The van der Waals surface area contributed by atoms with E-state index in [-0.39, 0.29) is 0 Å². The molecule has 0 saturated carbocycles. The third-order valence-electron chi connectivity index (χ3n) is 3.56. The van der Waals surface area contributed by atoms with Crippen molar-refractivity contribution < 1.29 is 5.11 Å². The number of phenolic OH excluding ortho intramolecular Hbond substituents is 1. The van der Waals surface area contributed by atoms with E-state index in [2.05, 4.69) is 11.8 Å². The molecule has 2 heteroatoms. The van der Waals surface area contributed by atoms with Crippen LogP contribution < -0.4 is 0 Å². The highest BCUT2D eigenvalue weighted by Crippen LogP contribution is 2.24. The van der Waals surface area contributed by atoms with Gasteiger partial charge in [0, 0.05) is 6.04 Å². The quantitative estimate of drug-likeness (QED) is 0.824. The van der Waals surface area contributed by atoms with E-state index in [1.165, 1.54) is 44.3 Å². The summed E-state index contributed by atoms with van der Waals surface area (Å²) in [5, 5.41) is 9.28. The Morgan fingerprint density at radius 1 is 1.00 bits per heavy atom. The van der Waals surface area contributed by atoms with Crippen LogP contribution in [0.2, 0.25) is 0 Å². The largest absolute Gasteiger partial charge is 0.508 e. The van der Waals surface area contributed by atoms with Crippen molar-refractivity contribution in [2.24, 2.45) is 0 Å². The number of nitrogens with zero attached hydrogens (tertiary/aromatic N) is 1. The summed E-state index contributed by atoms with van der Waals surface area (Å²) in [6.45, 7) is 4.68. The lowest BCUT2D eigenvalue weighted by molar-refractivity contribution is 0.219. The van der Waals surface area contributed by atoms with E-state index < -0.39 is 0 Å². The molecule has 0 radical (unpaired) electrons. The van der Waals surface area contributed by atoms with Crippen molar-refractivity contribution in [3.63, 3.8) is 0 Å². The molecular weight excluding hydrogens is 198 g/mol. The summed E-state index contributed by atoms with van der Waals surface area (Å²) in [7, 11) is 0. The molecule has 0 bridgehead atoms. The molecule has 1 atom stereocenters. The molecule has 16 heavy (non-hydrogen) atoms. The smallest absolute Gasteiger partial charge is 0.115 e. The van der Waals surface area contributed by atoms with Gasteiger partial charge in [0.15, 0.2) is 0 Å². The van der Waals surface area contributed by atoms with Crippen LogP contribution in [0.1, 0.15) is 44.2 Å². The molecule has 88 valence electrons. The van der Waals surface area contributed by atoms with Crippen molar-refractivity contribution >= 4 is 0 Å². The number of likely N-dealkylation sites (tertiary alicyclic amines) is 1. The van der Waals surface area contributed by atoms with E-state index in [0.29, 0.717) is 11.8 Å². The average Bonchev–Trinajstić information content (AvgIpc) is 2.57. The predicted octanol–water partition coefficient (Wildman–Crippen LogP) is 3.33. The van der Waals surface area contributed by atoms with Gasteiger partial charge in [-0.05, 0) is 50.6 Å². The summed E-state index contributed by atoms with van der Waals surface area (Å²) in [4.78, 5) is 2.55. The van der Waals surface area contributed by atoms with Crippen molar-refractivity contribution in [3.05, 3.63) is 29.8 Å². The molecule has 1 aliphatic rings. The van der Waals surface area contributed by atoms with Crippen LogP contribution in [0.4, 0.5) is 0 Å². The first kappa shape index (κ1) is 11.5. The maximum absolute atomic E-state index is 9.28.